The molecule has 68 valence electrons. The molecular weight excluding hydrogens is 150 g/mol. The van der Waals surface area contributed by atoms with Gasteiger partial charge in [-0.3, -0.25) is 0 Å². The van der Waals surface area contributed by atoms with Gasteiger partial charge < -0.3 is 9.73 Å². The Kier molecular flexibility index (Phi) is 3.88. The van der Waals surface area contributed by atoms with Gasteiger partial charge in [0.1, 0.15) is 5.76 Å². The summed E-state index contributed by atoms with van der Waals surface area (Å²) in [6, 6.07) is 3.91. The Hall–Kier alpha value is -0.760. The van der Waals surface area contributed by atoms with Crippen LogP contribution in [0.25, 0.3) is 0 Å². The lowest BCUT2D eigenvalue weighted by Crippen LogP contribution is -2.19. The fourth-order valence-electron chi connectivity index (χ4n) is 0.999. The van der Waals surface area contributed by atoms with Crippen LogP contribution in [-0.4, -0.2) is 6.54 Å². The topological polar surface area (TPSA) is 25.2 Å². The molecule has 2 heteroatoms. The highest BCUT2D eigenvalue weighted by molar-refractivity contribution is 4.97. The van der Waals surface area contributed by atoms with E-state index >= 15 is 0 Å². The van der Waals surface area contributed by atoms with Crippen molar-refractivity contribution in [3.63, 3.8) is 0 Å². The number of hydrogen-bond donors (Lipinski definition) is 1. The fraction of sp³-hybridized carbons (Fsp3) is 0.600. The first kappa shape index (κ1) is 9.33. The highest BCUT2D eigenvalue weighted by atomic mass is 16.3. The first-order chi connectivity index (χ1) is 5.83. The third-order valence-electron chi connectivity index (χ3n) is 2.07. The zero-order chi connectivity index (χ0) is 8.81. The molecule has 0 spiro atoms. The molecule has 0 radical (unpaired) electrons. The van der Waals surface area contributed by atoms with Gasteiger partial charge in [0.2, 0.25) is 0 Å². The van der Waals surface area contributed by atoms with Crippen molar-refractivity contribution in [1.82, 2.24) is 5.32 Å². The van der Waals surface area contributed by atoms with Gasteiger partial charge in [0.15, 0.2) is 0 Å². The summed E-state index contributed by atoms with van der Waals surface area (Å²) >= 11 is 0. The Morgan fingerprint density at radius 1 is 1.58 bits per heavy atom. The standard InChI is InChI=1S/C10H17NO/c1-3-9(2)7-11-8-10-5-4-6-12-10/h4-6,9,11H,3,7-8H2,1-2H3. The molecular formula is C10H17NO. The van der Waals surface area contributed by atoms with Crippen molar-refractivity contribution in [3.05, 3.63) is 24.2 Å². The van der Waals surface area contributed by atoms with Crippen molar-refractivity contribution in [2.24, 2.45) is 5.92 Å². The van der Waals surface area contributed by atoms with Gasteiger partial charge >= 0.3 is 0 Å². The van der Waals surface area contributed by atoms with Gasteiger partial charge in [-0.2, -0.15) is 0 Å². The Balaban J connectivity index is 2.11. The number of nitrogens with one attached hydrogen (secondary N) is 1. The van der Waals surface area contributed by atoms with Crippen LogP contribution in [-0.2, 0) is 6.54 Å². The molecule has 0 bridgehead atoms. The molecule has 1 aromatic rings. The largest absolute Gasteiger partial charge is 0.468 e. The molecule has 0 aromatic carbocycles. The highest BCUT2D eigenvalue weighted by Crippen LogP contribution is 2.01. The summed E-state index contributed by atoms with van der Waals surface area (Å²) in [7, 11) is 0. The average Bonchev–Trinajstić information content (AvgIpc) is 2.57. The van der Waals surface area contributed by atoms with Crippen molar-refractivity contribution < 1.29 is 4.42 Å². The molecule has 2 nitrogen and oxygen atoms in total. The van der Waals surface area contributed by atoms with Crippen molar-refractivity contribution in [2.45, 2.75) is 26.8 Å². The van der Waals surface area contributed by atoms with Crippen LogP contribution in [0.15, 0.2) is 22.8 Å². The maximum atomic E-state index is 5.19. The average molecular weight is 167 g/mol. The molecule has 1 N–H and O–H groups in total. The van der Waals surface area contributed by atoms with E-state index < -0.39 is 0 Å². The smallest absolute Gasteiger partial charge is 0.117 e. The van der Waals surface area contributed by atoms with E-state index in [1.165, 1.54) is 6.42 Å². The monoisotopic (exact) mass is 167 g/mol. The number of hydrogen-bond acceptors (Lipinski definition) is 2. The summed E-state index contributed by atoms with van der Waals surface area (Å²) in [4.78, 5) is 0. The summed E-state index contributed by atoms with van der Waals surface area (Å²) in [5.74, 6) is 1.76. The Labute approximate surface area is 74.0 Å². The normalized spacial score (nSPS) is 13.2. The van der Waals surface area contributed by atoms with E-state index in [1.807, 2.05) is 12.1 Å². The second kappa shape index (κ2) is 4.99. The zero-order valence-electron chi connectivity index (χ0n) is 7.84. The van der Waals surface area contributed by atoms with Crippen LogP contribution in [0, 0.1) is 5.92 Å². The minimum atomic E-state index is 0.750. The minimum absolute atomic E-state index is 0.750. The van der Waals surface area contributed by atoms with Crippen molar-refractivity contribution in [2.75, 3.05) is 6.54 Å². The van der Waals surface area contributed by atoms with Gasteiger partial charge in [0.05, 0.1) is 12.8 Å². The van der Waals surface area contributed by atoms with Crippen molar-refractivity contribution >= 4 is 0 Å². The summed E-state index contributed by atoms with van der Waals surface area (Å²) < 4.78 is 5.19. The van der Waals surface area contributed by atoms with Crippen LogP contribution in [0.3, 0.4) is 0 Å². The summed E-state index contributed by atoms with van der Waals surface area (Å²) in [6.45, 7) is 6.36. The minimum Gasteiger partial charge on any atom is -0.468 e. The van der Waals surface area contributed by atoms with Gasteiger partial charge in [-0.05, 0) is 24.6 Å². The van der Waals surface area contributed by atoms with Crippen LogP contribution in [0.4, 0.5) is 0 Å². The third-order valence-corrected chi connectivity index (χ3v) is 2.07. The summed E-state index contributed by atoms with van der Waals surface area (Å²) in [5.41, 5.74) is 0. The molecule has 1 unspecified atom stereocenters. The number of rotatable bonds is 5. The molecule has 1 aromatic heterocycles. The van der Waals surface area contributed by atoms with Crippen LogP contribution in [0.2, 0.25) is 0 Å². The highest BCUT2D eigenvalue weighted by Gasteiger charge is 1.98. The predicted octanol–water partition coefficient (Wildman–Crippen LogP) is 2.42. The van der Waals surface area contributed by atoms with E-state index in [1.54, 1.807) is 6.26 Å². The van der Waals surface area contributed by atoms with Crippen LogP contribution >= 0.6 is 0 Å². The summed E-state index contributed by atoms with van der Waals surface area (Å²) in [5, 5.41) is 3.34. The quantitative estimate of drug-likeness (QED) is 0.728. The van der Waals surface area contributed by atoms with E-state index in [4.69, 9.17) is 4.42 Å². The number of furan rings is 1. The van der Waals surface area contributed by atoms with Crippen molar-refractivity contribution in [1.29, 1.82) is 0 Å². The molecule has 0 fully saturated rings. The molecule has 0 amide bonds. The molecule has 0 saturated heterocycles. The summed E-state index contributed by atoms with van der Waals surface area (Å²) in [6.07, 6.45) is 2.94. The van der Waals surface area contributed by atoms with Gasteiger partial charge in [-0.1, -0.05) is 20.3 Å². The maximum absolute atomic E-state index is 5.19. The van der Waals surface area contributed by atoms with E-state index in [0.29, 0.717) is 0 Å². The Bertz CT molecular complexity index is 194. The lowest BCUT2D eigenvalue weighted by Gasteiger charge is -2.08. The van der Waals surface area contributed by atoms with Crippen LogP contribution in [0.5, 0.6) is 0 Å². The molecule has 12 heavy (non-hydrogen) atoms. The van der Waals surface area contributed by atoms with E-state index in [0.717, 1.165) is 24.8 Å². The molecule has 0 aliphatic heterocycles. The van der Waals surface area contributed by atoms with Gasteiger partial charge in [-0.15, -0.1) is 0 Å². The zero-order valence-corrected chi connectivity index (χ0v) is 7.84. The molecule has 0 aliphatic rings. The second-order valence-corrected chi connectivity index (χ2v) is 3.22. The first-order valence-electron chi connectivity index (χ1n) is 4.56. The first-order valence-corrected chi connectivity index (χ1v) is 4.56. The van der Waals surface area contributed by atoms with E-state index in [-0.39, 0.29) is 0 Å². The van der Waals surface area contributed by atoms with E-state index in [9.17, 15) is 0 Å². The third kappa shape index (κ3) is 3.09. The van der Waals surface area contributed by atoms with Crippen LogP contribution in [0.1, 0.15) is 26.0 Å². The molecule has 0 aliphatic carbocycles. The molecule has 0 saturated carbocycles. The van der Waals surface area contributed by atoms with Gasteiger partial charge in [0, 0.05) is 0 Å². The molecule has 1 heterocycles. The molecule has 1 rings (SSSR count). The predicted molar refractivity (Wildman–Crippen MR) is 49.9 cm³/mol. The van der Waals surface area contributed by atoms with Crippen molar-refractivity contribution in [3.8, 4) is 0 Å². The Morgan fingerprint density at radius 3 is 3.00 bits per heavy atom. The maximum Gasteiger partial charge on any atom is 0.117 e. The fourth-order valence-corrected chi connectivity index (χ4v) is 0.999. The lowest BCUT2D eigenvalue weighted by molar-refractivity contribution is 0.448. The second-order valence-electron chi connectivity index (χ2n) is 3.22. The lowest BCUT2D eigenvalue weighted by atomic mass is 10.1. The Morgan fingerprint density at radius 2 is 2.42 bits per heavy atom. The SMILES string of the molecule is CCC(C)CNCc1ccco1. The van der Waals surface area contributed by atoms with Gasteiger partial charge in [0.25, 0.3) is 0 Å². The van der Waals surface area contributed by atoms with Gasteiger partial charge in [-0.25, -0.2) is 0 Å². The molecule has 1 atom stereocenters. The van der Waals surface area contributed by atoms with Crippen LogP contribution < -0.4 is 5.32 Å². The van der Waals surface area contributed by atoms with E-state index in [2.05, 4.69) is 19.2 Å².